The Morgan fingerprint density at radius 3 is 1.14 bits per heavy atom. The molecular formula is C40H76O4. The van der Waals surface area contributed by atoms with Crippen molar-refractivity contribution in [1.29, 1.82) is 0 Å². The quantitative estimate of drug-likeness (QED) is 0.0397. The van der Waals surface area contributed by atoms with Gasteiger partial charge in [-0.25, -0.2) is 4.79 Å². The second-order valence-electron chi connectivity index (χ2n) is 13.2. The Bertz CT molecular complexity index is 614. The number of esters is 2. The lowest BCUT2D eigenvalue weighted by molar-refractivity contribution is -0.158. The van der Waals surface area contributed by atoms with Gasteiger partial charge in [0.25, 0.3) is 0 Å². The van der Waals surface area contributed by atoms with Crippen LogP contribution in [0.1, 0.15) is 219 Å². The smallest absolute Gasteiger partial charge is 0.344 e. The van der Waals surface area contributed by atoms with Crippen molar-refractivity contribution in [2.75, 3.05) is 13.2 Å². The summed E-state index contributed by atoms with van der Waals surface area (Å²) in [5, 5.41) is 0. The van der Waals surface area contributed by atoms with E-state index in [0.29, 0.717) is 13.0 Å². The molecule has 0 saturated carbocycles. The molecule has 0 fully saturated rings. The van der Waals surface area contributed by atoms with E-state index in [1.807, 2.05) is 0 Å². The SMILES string of the molecule is CCCCCCCCC=CCCCCCCCCCCCC(=O)OCC(=O)OCCCCCCCCCCCCCCCC. The van der Waals surface area contributed by atoms with Crippen LogP contribution in [0.5, 0.6) is 0 Å². The summed E-state index contributed by atoms with van der Waals surface area (Å²) < 4.78 is 10.3. The summed E-state index contributed by atoms with van der Waals surface area (Å²) in [6, 6.07) is 0. The lowest BCUT2D eigenvalue weighted by Crippen LogP contribution is -2.16. The molecule has 0 aliphatic carbocycles. The summed E-state index contributed by atoms with van der Waals surface area (Å²) >= 11 is 0. The molecule has 0 spiro atoms. The van der Waals surface area contributed by atoms with Crippen LogP contribution in [0.3, 0.4) is 0 Å². The Balaban J connectivity index is 3.29. The first-order chi connectivity index (χ1) is 21.7. The van der Waals surface area contributed by atoms with Gasteiger partial charge in [0.2, 0.25) is 0 Å². The van der Waals surface area contributed by atoms with Crippen LogP contribution in [0, 0.1) is 0 Å². The fraction of sp³-hybridized carbons (Fsp3) is 0.900. The van der Waals surface area contributed by atoms with Crippen molar-refractivity contribution < 1.29 is 19.1 Å². The van der Waals surface area contributed by atoms with Crippen molar-refractivity contribution in [3.05, 3.63) is 12.2 Å². The third-order valence-corrected chi connectivity index (χ3v) is 8.75. The number of carbonyl (C=O) groups is 2. The van der Waals surface area contributed by atoms with Crippen molar-refractivity contribution in [2.45, 2.75) is 219 Å². The van der Waals surface area contributed by atoms with Gasteiger partial charge in [0, 0.05) is 6.42 Å². The third-order valence-electron chi connectivity index (χ3n) is 8.75. The van der Waals surface area contributed by atoms with Gasteiger partial charge < -0.3 is 9.47 Å². The maximum absolute atomic E-state index is 11.9. The van der Waals surface area contributed by atoms with Gasteiger partial charge in [-0.3, -0.25) is 4.79 Å². The molecule has 0 bridgehead atoms. The molecule has 0 amide bonds. The average Bonchev–Trinajstić information content (AvgIpc) is 3.03. The summed E-state index contributed by atoms with van der Waals surface area (Å²) in [6.45, 7) is 4.74. The monoisotopic (exact) mass is 621 g/mol. The topological polar surface area (TPSA) is 52.6 Å². The molecule has 0 rings (SSSR count). The van der Waals surface area contributed by atoms with E-state index in [1.54, 1.807) is 0 Å². The summed E-state index contributed by atoms with van der Waals surface area (Å²) in [6.07, 6.45) is 45.2. The first-order valence-electron chi connectivity index (χ1n) is 19.7. The number of unbranched alkanes of at least 4 members (excludes halogenated alkanes) is 28. The van der Waals surface area contributed by atoms with Crippen LogP contribution in [0.25, 0.3) is 0 Å². The number of rotatable bonds is 36. The lowest BCUT2D eigenvalue weighted by atomic mass is 10.0. The molecular weight excluding hydrogens is 544 g/mol. The van der Waals surface area contributed by atoms with E-state index in [0.717, 1.165) is 25.7 Å². The highest BCUT2D eigenvalue weighted by Crippen LogP contribution is 2.14. The number of carbonyl (C=O) groups excluding carboxylic acids is 2. The normalized spacial score (nSPS) is 11.4. The molecule has 0 unspecified atom stereocenters. The van der Waals surface area contributed by atoms with Crippen molar-refractivity contribution in [3.8, 4) is 0 Å². The van der Waals surface area contributed by atoms with Gasteiger partial charge >= 0.3 is 11.9 Å². The van der Waals surface area contributed by atoms with Crippen molar-refractivity contribution in [3.63, 3.8) is 0 Å². The maximum atomic E-state index is 11.9. The van der Waals surface area contributed by atoms with Crippen molar-refractivity contribution in [2.24, 2.45) is 0 Å². The zero-order valence-corrected chi connectivity index (χ0v) is 29.8. The van der Waals surface area contributed by atoms with Crippen LogP contribution < -0.4 is 0 Å². The largest absolute Gasteiger partial charge is 0.463 e. The van der Waals surface area contributed by atoms with E-state index in [2.05, 4.69) is 26.0 Å². The molecule has 0 aliphatic heterocycles. The fourth-order valence-corrected chi connectivity index (χ4v) is 5.78. The minimum Gasteiger partial charge on any atom is -0.463 e. The highest BCUT2D eigenvalue weighted by Gasteiger charge is 2.08. The number of hydrogen-bond donors (Lipinski definition) is 0. The zero-order valence-electron chi connectivity index (χ0n) is 29.8. The van der Waals surface area contributed by atoms with Gasteiger partial charge in [-0.2, -0.15) is 0 Å². The van der Waals surface area contributed by atoms with Gasteiger partial charge in [0.05, 0.1) is 6.61 Å². The zero-order chi connectivity index (χ0) is 32.0. The van der Waals surface area contributed by atoms with Crippen LogP contribution in [0.2, 0.25) is 0 Å². The molecule has 0 aromatic heterocycles. The Morgan fingerprint density at radius 2 is 0.727 bits per heavy atom. The first kappa shape index (κ1) is 42.7. The molecule has 0 atom stereocenters. The van der Waals surface area contributed by atoms with E-state index in [9.17, 15) is 9.59 Å². The number of allylic oxidation sites excluding steroid dienone is 2. The fourth-order valence-electron chi connectivity index (χ4n) is 5.78. The summed E-state index contributed by atoms with van der Waals surface area (Å²) in [5.41, 5.74) is 0. The molecule has 0 radical (unpaired) electrons. The molecule has 44 heavy (non-hydrogen) atoms. The molecule has 0 aromatic rings. The van der Waals surface area contributed by atoms with Crippen molar-refractivity contribution in [1.82, 2.24) is 0 Å². The average molecular weight is 621 g/mol. The van der Waals surface area contributed by atoms with Crippen LogP contribution >= 0.6 is 0 Å². The van der Waals surface area contributed by atoms with Crippen LogP contribution in [0.15, 0.2) is 12.2 Å². The molecule has 0 aliphatic rings. The van der Waals surface area contributed by atoms with Crippen LogP contribution in [-0.4, -0.2) is 25.2 Å². The van der Waals surface area contributed by atoms with E-state index >= 15 is 0 Å². The molecule has 0 N–H and O–H groups in total. The van der Waals surface area contributed by atoms with Crippen molar-refractivity contribution >= 4 is 11.9 Å². The van der Waals surface area contributed by atoms with Crippen LogP contribution in [-0.2, 0) is 19.1 Å². The van der Waals surface area contributed by atoms with E-state index in [-0.39, 0.29) is 12.6 Å². The second kappa shape index (κ2) is 37.9. The van der Waals surface area contributed by atoms with E-state index in [4.69, 9.17) is 9.47 Å². The maximum Gasteiger partial charge on any atom is 0.344 e. The summed E-state index contributed by atoms with van der Waals surface area (Å²) in [4.78, 5) is 23.7. The Labute approximate surface area is 275 Å². The molecule has 4 heteroatoms. The molecule has 0 aromatic carbocycles. The predicted octanol–water partition coefficient (Wildman–Crippen LogP) is 13.2. The highest BCUT2D eigenvalue weighted by molar-refractivity contribution is 5.76. The van der Waals surface area contributed by atoms with Gasteiger partial charge in [0.1, 0.15) is 0 Å². The molecule has 4 nitrogen and oxygen atoms in total. The van der Waals surface area contributed by atoms with Gasteiger partial charge in [0.15, 0.2) is 6.61 Å². The van der Waals surface area contributed by atoms with E-state index in [1.165, 1.54) is 173 Å². The Kier molecular flexibility index (Phi) is 36.7. The highest BCUT2D eigenvalue weighted by atomic mass is 16.6. The van der Waals surface area contributed by atoms with E-state index < -0.39 is 5.97 Å². The predicted molar refractivity (Wildman–Crippen MR) is 190 cm³/mol. The van der Waals surface area contributed by atoms with Gasteiger partial charge in [-0.05, 0) is 38.5 Å². The minimum atomic E-state index is -0.419. The lowest BCUT2D eigenvalue weighted by Gasteiger charge is -2.07. The Morgan fingerprint density at radius 1 is 0.386 bits per heavy atom. The minimum absolute atomic E-state index is 0.244. The second-order valence-corrected chi connectivity index (χ2v) is 13.2. The molecule has 0 saturated heterocycles. The standard InChI is InChI=1S/C40H76O4/c1-3-5-7-9-11-13-15-17-19-20-21-22-23-24-26-28-30-32-34-36-39(41)44-38-40(42)43-37-35-33-31-29-27-25-18-16-14-12-10-8-6-4-2/h17,19H,3-16,18,20-38H2,1-2H3. The van der Waals surface area contributed by atoms with Gasteiger partial charge in [-0.1, -0.05) is 187 Å². The Hall–Kier alpha value is -1.32. The molecule has 0 heterocycles. The summed E-state index contributed by atoms with van der Waals surface area (Å²) in [5.74, 6) is -0.698. The van der Waals surface area contributed by atoms with Crippen LogP contribution in [0.4, 0.5) is 0 Å². The number of ether oxygens (including phenoxy) is 2. The summed E-state index contributed by atoms with van der Waals surface area (Å²) in [7, 11) is 0. The first-order valence-corrected chi connectivity index (χ1v) is 19.7. The van der Waals surface area contributed by atoms with Gasteiger partial charge in [-0.15, -0.1) is 0 Å². The third kappa shape index (κ3) is 36.9. The molecule has 260 valence electrons. The number of hydrogen-bond acceptors (Lipinski definition) is 4.